The topological polar surface area (TPSA) is 124 Å². The lowest BCUT2D eigenvalue weighted by Gasteiger charge is -2.26. The second kappa shape index (κ2) is 12.1. The number of hydrogen-bond acceptors (Lipinski definition) is 8. The van der Waals surface area contributed by atoms with Crippen molar-refractivity contribution in [3.8, 4) is 22.3 Å². The Balaban J connectivity index is 1.44. The summed E-state index contributed by atoms with van der Waals surface area (Å²) in [7, 11) is 0. The standard InChI is InChI=1S/C33H35FN6O5/c1-32(2,3)44-30(42)40(31(43)45-33(4,5)6)29-36-27-17-22(15-16-39(27)37-29)24-13-10-14-25(28(24)34)23-18-35-38(19-23)20-26(41)21-11-8-7-9-12-21/h7-19,26,41H,20H2,1-6H3. The number of aliphatic hydroxyl groups excluding tert-OH is 1. The molecule has 1 atom stereocenters. The van der Waals surface area contributed by atoms with E-state index in [1.165, 1.54) is 4.52 Å². The summed E-state index contributed by atoms with van der Waals surface area (Å²) in [5.74, 6) is -0.733. The monoisotopic (exact) mass is 614 g/mol. The van der Waals surface area contributed by atoms with Crippen molar-refractivity contribution in [3.63, 3.8) is 0 Å². The first-order valence-corrected chi connectivity index (χ1v) is 14.4. The first-order valence-electron chi connectivity index (χ1n) is 14.4. The van der Waals surface area contributed by atoms with Crippen molar-refractivity contribution in [1.82, 2.24) is 24.4 Å². The summed E-state index contributed by atoms with van der Waals surface area (Å²) in [6, 6.07) is 17.5. The van der Waals surface area contributed by atoms with Crippen LogP contribution in [0.5, 0.6) is 0 Å². The van der Waals surface area contributed by atoms with E-state index in [-0.39, 0.29) is 18.1 Å². The summed E-state index contributed by atoms with van der Waals surface area (Å²) in [5.41, 5.74) is 0.889. The first-order chi connectivity index (χ1) is 21.2. The maximum absolute atomic E-state index is 16.0. The van der Waals surface area contributed by atoms with Crippen molar-refractivity contribution in [2.75, 3.05) is 4.90 Å². The van der Waals surface area contributed by atoms with Gasteiger partial charge in [0, 0.05) is 29.1 Å². The van der Waals surface area contributed by atoms with Gasteiger partial charge in [-0.3, -0.25) is 4.68 Å². The van der Waals surface area contributed by atoms with Crippen LogP contribution >= 0.6 is 0 Å². The third-order valence-electron chi connectivity index (χ3n) is 6.48. The Morgan fingerprint density at radius 1 is 0.911 bits per heavy atom. The van der Waals surface area contributed by atoms with Gasteiger partial charge >= 0.3 is 12.2 Å². The lowest BCUT2D eigenvalue weighted by atomic mass is 10.0. The average molecular weight is 615 g/mol. The largest absolute Gasteiger partial charge is 0.443 e. The summed E-state index contributed by atoms with van der Waals surface area (Å²) < 4.78 is 29.8. The van der Waals surface area contributed by atoms with Gasteiger partial charge in [-0.1, -0.05) is 48.5 Å². The molecular weight excluding hydrogens is 579 g/mol. The van der Waals surface area contributed by atoms with E-state index in [0.29, 0.717) is 27.2 Å². The van der Waals surface area contributed by atoms with Crippen molar-refractivity contribution in [2.24, 2.45) is 0 Å². The number of hydrogen-bond donors (Lipinski definition) is 1. The SMILES string of the molecule is CC(C)(C)OC(=O)N(C(=O)OC(C)(C)C)c1nc2cc(-c3cccc(-c4cnn(CC(O)c5ccccc5)c4)c3F)ccn2n1. The normalized spacial score (nSPS) is 12.6. The molecule has 0 bridgehead atoms. The molecule has 0 saturated carbocycles. The van der Waals surface area contributed by atoms with Gasteiger partial charge in [-0.15, -0.1) is 10.00 Å². The molecule has 5 aromatic rings. The van der Waals surface area contributed by atoms with Crippen LogP contribution in [0.1, 0.15) is 53.2 Å². The maximum Gasteiger partial charge on any atom is 0.427 e. The van der Waals surface area contributed by atoms with Gasteiger partial charge in [-0.2, -0.15) is 10.1 Å². The molecule has 0 aliphatic carbocycles. The van der Waals surface area contributed by atoms with E-state index >= 15 is 4.39 Å². The third kappa shape index (κ3) is 7.35. The highest BCUT2D eigenvalue weighted by molar-refractivity contribution is 6.08. The van der Waals surface area contributed by atoms with Crippen molar-refractivity contribution in [1.29, 1.82) is 0 Å². The average Bonchev–Trinajstić information content (AvgIpc) is 3.58. The molecule has 0 saturated heterocycles. The fourth-order valence-corrected chi connectivity index (χ4v) is 4.52. The number of rotatable bonds is 6. The van der Waals surface area contributed by atoms with Crippen molar-refractivity contribution in [3.05, 3.63) is 90.6 Å². The Labute approximate surface area is 259 Å². The lowest BCUT2D eigenvalue weighted by molar-refractivity contribution is 0.0427. The summed E-state index contributed by atoms with van der Waals surface area (Å²) in [6.45, 7) is 10.2. The smallest absolute Gasteiger partial charge is 0.427 e. The molecule has 0 spiro atoms. The predicted octanol–water partition coefficient (Wildman–Crippen LogP) is 6.81. The fraction of sp³-hybridized carbons (Fsp3) is 0.303. The third-order valence-corrected chi connectivity index (χ3v) is 6.48. The van der Waals surface area contributed by atoms with Crippen LogP contribution in [0.4, 0.5) is 19.9 Å². The minimum Gasteiger partial charge on any atom is -0.443 e. The predicted molar refractivity (Wildman–Crippen MR) is 166 cm³/mol. The van der Waals surface area contributed by atoms with Crippen LogP contribution in [-0.4, -0.2) is 52.9 Å². The number of fused-ring (bicyclic) bond motifs is 1. The summed E-state index contributed by atoms with van der Waals surface area (Å²) in [4.78, 5) is 31.1. The number of benzene rings is 2. The van der Waals surface area contributed by atoms with Gasteiger partial charge in [0.1, 0.15) is 17.0 Å². The molecule has 1 N–H and O–H groups in total. The zero-order valence-electron chi connectivity index (χ0n) is 25.9. The molecule has 234 valence electrons. The van der Waals surface area contributed by atoms with E-state index in [0.717, 1.165) is 5.56 Å². The minimum absolute atomic E-state index is 0.209. The van der Waals surface area contributed by atoms with E-state index in [1.54, 1.807) is 95.1 Å². The number of anilines is 1. The summed E-state index contributed by atoms with van der Waals surface area (Å²) >= 11 is 0. The van der Waals surface area contributed by atoms with Gasteiger partial charge in [0.2, 0.25) is 0 Å². The second-order valence-electron chi connectivity index (χ2n) is 12.5. The Morgan fingerprint density at radius 3 is 2.16 bits per heavy atom. The highest BCUT2D eigenvalue weighted by Gasteiger charge is 2.35. The Hall–Kier alpha value is -5.10. The molecule has 5 rings (SSSR count). The number of amides is 2. The highest BCUT2D eigenvalue weighted by atomic mass is 19.1. The van der Waals surface area contributed by atoms with Crippen LogP contribution in [0.25, 0.3) is 27.9 Å². The maximum atomic E-state index is 16.0. The number of carbonyl (C=O) groups is 2. The number of nitrogens with zero attached hydrogens (tertiary/aromatic N) is 6. The molecular formula is C33H35FN6O5. The number of carbonyl (C=O) groups excluding carboxylic acids is 2. The zero-order valence-corrected chi connectivity index (χ0v) is 25.9. The first kappa shape index (κ1) is 31.3. The van der Waals surface area contributed by atoms with Crippen molar-refractivity contribution in [2.45, 2.75) is 65.4 Å². The molecule has 2 amide bonds. The van der Waals surface area contributed by atoms with Crippen LogP contribution in [0.2, 0.25) is 0 Å². The molecule has 45 heavy (non-hydrogen) atoms. The number of imide groups is 1. The molecule has 2 aromatic carbocycles. The number of pyridine rings is 1. The Bertz CT molecular complexity index is 1810. The summed E-state index contributed by atoms with van der Waals surface area (Å²) in [5, 5.41) is 19.2. The van der Waals surface area contributed by atoms with Gasteiger partial charge in [0.05, 0.1) is 18.8 Å². The van der Waals surface area contributed by atoms with Crippen LogP contribution in [0.15, 0.2) is 79.3 Å². The van der Waals surface area contributed by atoms with Crippen LogP contribution in [0, 0.1) is 5.82 Å². The van der Waals surface area contributed by atoms with E-state index in [1.807, 2.05) is 30.3 Å². The van der Waals surface area contributed by atoms with Gasteiger partial charge in [0.25, 0.3) is 5.95 Å². The Morgan fingerprint density at radius 2 is 1.53 bits per heavy atom. The lowest BCUT2D eigenvalue weighted by Crippen LogP contribution is -2.44. The Kier molecular flexibility index (Phi) is 8.44. The van der Waals surface area contributed by atoms with Crippen molar-refractivity contribution >= 4 is 23.8 Å². The van der Waals surface area contributed by atoms with E-state index in [2.05, 4.69) is 15.2 Å². The molecule has 11 nitrogen and oxygen atoms in total. The number of aliphatic hydroxyl groups is 1. The molecule has 0 aliphatic rings. The van der Waals surface area contributed by atoms with Crippen LogP contribution < -0.4 is 4.90 Å². The van der Waals surface area contributed by atoms with E-state index in [4.69, 9.17) is 9.47 Å². The van der Waals surface area contributed by atoms with E-state index in [9.17, 15) is 14.7 Å². The van der Waals surface area contributed by atoms with Crippen LogP contribution in [0.3, 0.4) is 0 Å². The van der Waals surface area contributed by atoms with Crippen molar-refractivity contribution < 1.29 is 28.6 Å². The quantitative estimate of drug-likeness (QED) is 0.221. The molecule has 0 fully saturated rings. The number of ether oxygens (including phenoxy) is 2. The second-order valence-corrected chi connectivity index (χ2v) is 12.5. The van der Waals surface area contributed by atoms with Gasteiger partial charge in [-0.05, 0) is 64.8 Å². The minimum atomic E-state index is -0.997. The summed E-state index contributed by atoms with van der Waals surface area (Å²) in [6.07, 6.45) is 2.03. The number of aromatic nitrogens is 5. The fourth-order valence-electron chi connectivity index (χ4n) is 4.52. The van der Waals surface area contributed by atoms with Gasteiger partial charge in [0.15, 0.2) is 5.65 Å². The molecule has 3 heterocycles. The number of halogens is 1. The molecule has 12 heteroatoms. The highest BCUT2D eigenvalue weighted by Crippen LogP contribution is 2.32. The zero-order chi connectivity index (χ0) is 32.5. The van der Waals surface area contributed by atoms with Crippen LogP contribution in [-0.2, 0) is 16.0 Å². The molecule has 0 aliphatic heterocycles. The molecule has 0 radical (unpaired) electrons. The molecule has 1 unspecified atom stereocenters. The van der Waals surface area contributed by atoms with Gasteiger partial charge in [-0.25, -0.2) is 18.5 Å². The molecule has 3 aromatic heterocycles. The van der Waals surface area contributed by atoms with E-state index < -0.39 is 35.3 Å². The van der Waals surface area contributed by atoms with Gasteiger partial charge < -0.3 is 14.6 Å².